The first-order chi connectivity index (χ1) is 23.7. The Labute approximate surface area is 289 Å². The lowest BCUT2D eigenvalue weighted by molar-refractivity contribution is 0.663. The molecule has 4 aromatic rings. The van der Waals surface area contributed by atoms with Gasteiger partial charge in [-0.3, -0.25) is 0 Å². The second kappa shape index (κ2) is 18.3. The maximum atomic E-state index is 3.88. The second-order valence-corrected chi connectivity index (χ2v) is 12.3. The van der Waals surface area contributed by atoms with Gasteiger partial charge >= 0.3 is 0 Å². The molecule has 0 bridgehead atoms. The maximum absolute atomic E-state index is 3.88. The van der Waals surface area contributed by atoms with Gasteiger partial charge in [-0.05, 0) is 90.3 Å². The number of para-hydroxylation sites is 1. The van der Waals surface area contributed by atoms with Gasteiger partial charge in [0.1, 0.15) is 0 Å². The van der Waals surface area contributed by atoms with Gasteiger partial charge in [-0.1, -0.05) is 172 Å². The summed E-state index contributed by atoms with van der Waals surface area (Å²) in [7, 11) is 0. The van der Waals surface area contributed by atoms with E-state index in [2.05, 4.69) is 183 Å². The van der Waals surface area contributed by atoms with Crippen molar-refractivity contribution in [2.24, 2.45) is 0 Å². The third-order valence-electron chi connectivity index (χ3n) is 8.84. The third kappa shape index (κ3) is 9.46. The molecule has 0 spiro atoms. The summed E-state index contributed by atoms with van der Waals surface area (Å²) in [5.41, 5.74) is 11.3. The highest BCUT2D eigenvalue weighted by molar-refractivity contribution is 5.71. The minimum absolute atomic E-state index is 0.391. The van der Waals surface area contributed by atoms with Crippen molar-refractivity contribution < 1.29 is 0 Å². The van der Waals surface area contributed by atoms with E-state index in [1.54, 1.807) is 0 Å². The minimum Gasteiger partial charge on any atom is -0.314 e. The SMILES string of the molecule is C=C/C=C\C1=C(N(c2ccccc2)c2ccc(C/C=C(\C=C/C)/C=C/C(CCCC)c3ccc(-c4ccccc4)cc3)cc2)CCC=C1. The molecule has 48 heavy (non-hydrogen) atoms. The Morgan fingerprint density at radius 2 is 1.50 bits per heavy atom. The zero-order valence-corrected chi connectivity index (χ0v) is 28.6. The Morgan fingerprint density at radius 3 is 2.19 bits per heavy atom. The fourth-order valence-electron chi connectivity index (χ4n) is 6.25. The van der Waals surface area contributed by atoms with Gasteiger partial charge < -0.3 is 4.90 Å². The number of nitrogens with zero attached hydrogens (tertiary/aromatic N) is 1. The highest BCUT2D eigenvalue weighted by atomic mass is 15.1. The van der Waals surface area contributed by atoms with Gasteiger partial charge in [-0.15, -0.1) is 0 Å². The van der Waals surface area contributed by atoms with Crippen LogP contribution >= 0.6 is 0 Å². The molecule has 0 amide bonds. The quantitative estimate of drug-likeness (QED) is 0.119. The van der Waals surface area contributed by atoms with E-state index in [1.807, 2.05) is 12.2 Å². The normalized spacial score (nSPS) is 14.3. The van der Waals surface area contributed by atoms with Crippen LogP contribution in [0.4, 0.5) is 11.4 Å². The molecule has 1 aliphatic carbocycles. The molecule has 1 unspecified atom stereocenters. The van der Waals surface area contributed by atoms with Crippen LogP contribution in [0.2, 0.25) is 0 Å². The minimum atomic E-state index is 0.391. The van der Waals surface area contributed by atoms with Crippen molar-refractivity contribution in [1.29, 1.82) is 0 Å². The molecule has 0 fully saturated rings. The average molecular weight is 628 g/mol. The summed E-state index contributed by atoms with van der Waals surface area (Å²) in [6, 6.07) is 39.5. The fourth-order valence-corrected chi connectivity index (χ4v) is 6.25. The van der Waals surface area contributed by atoms with Crippen molar-refractivity contribution in [3.8, 4) is 11.1 Å². The third-order valence-corrected chi connectivity index (χ3v) is 8.84. The lowest BCUT2D eigenvalue weighted by atomic mass is 9.91. The van der Waals surface area contributed by atoms with Gasteiger partial charge in [0.2, 0.25) is 0 Å². The number of unbranched alkanes of at least 4 members (excludes halogenated alkanes) is 1. The van der Waals surface area contributed by atoms with E-state index in [-0.39, 0.29) is 0 Å². The summed E-state index contributed by atoms with van der Waals surface area (Å²) in [4.78, 5) is 2.41. The summed E-state index contributed by atoms with van der Waals surface area (Å²) < 4.78 is 0. The molecule has 0 heterocycles. The van der Waals surface area contributed by atoms with E-state index in [0.29, 0.717) is 5.92 Å². The topological polar surface area (TPSA) is 3.24 Å². The number of benzene rings is 4. The molecule has 0 saturated carbocycles. The van der Waals surface area contributed by atoms with E-state index in [1.165, 1.54) is 63.3 Å². The molecular weight excluding hydrogens is 579 g/mol. The molecule has 1 aliphatic rings. The first-order valence-electron chi connectivity index (χ1n) is 17.5. The zero-order chi connectivity index (χ0) is 33.4. The van der Waals surface area contributed by atoms with Gasteiger partial charge in [0.15, 0.2) is 0 Å². The van der Waals surface area contributed by atoms with Gasteiger partial charge in [-0.2, -0.15) is 0 Å². The first kappa shape index (κ1) is 34.2. The molecular formula is C47H49N. The average Bonchev–Trinajstić information content (AvgIpc) is 3.15. The molecule has 0 radical (unpaired) electrons. The van der Waals surface area contributed by atoms with E-state index in [0.717, 1.165) is 25.7 Å². The summed E-state index contributed by atoms with van der Waals surface area (Å²) >= 11 is 0. The van der Waals surface area contributed by atoms with Crippen molar-refractivity contribution in [2.75, 3.05) is 4.90 Å². The van der Waals surface area contributed by atoms with Crippen LogP contribution in [-0.2, 0) is 6.42 Å². The van der Waals surface area contributed by atoms with Crippen LogP contribution in [0.1, 0.15) is 63.0 Å². The maximum Gasteiger partial charge on any atom is 0.0458 e. The highest BCUT2D eigenvalue weighted by Gasteiger charge is 2.18. The Kier molecular flexibility index (Phi) is 13.0. The summed E-state index contributed by atoms with van der Waals surface area (Å²) in [5, 5.41) is 0. The molecule has 1 heteroatoms. The Balaban J connectivity index is 1.35. The number of allylic oxidation sites excluding steroid dienone is 13. The van der Waals surface area contributed by atoms with E-state index in [4.69, 9.17) is 0 Å². The van der Waals surface area contributed by atoms with Crippen molar-refractivity contribution >= 4 is 11.4 Å². The second-order valence-electron chi connectivity index (χ2n) is 12.3. The molecule has 5 rings (SSSR count). The highest BCUT2D eigenvalue weighted by Crippen LogP contribution is 2.36. The van der Waals surface area contributed by atoms with Crippen molar-refractivity contribution in [3.05, 3.63) is 205 Å². The number of anilines is 2. The lowest BCUT2D eigenvalue weighted by Crippen LogP contribution is -2.19. The van der Waals surface area contributed by atoms with Crippen LogP contribution in [0.5, 0.6) is 0 Å². The van der Waals surface area contributed by atoms with Crippen molar-refractivity contribution in [1.82, 2.24) is 0 Å². The monoisotopic (exact) mass is 627 g/mol. The molecule has 0 saturated heterocycles. The van der Waals surface area contributed by atoms with E-state index < -0.39 is 0 Å². The molecule has 1 nitrogen and oxygen atoms in total. The number of rotatable bonds is 15. The molecule has 4 aromatic carbocycles. The van der Waals surface area contributed by atoms with Crippen molar-refractivity contribution in [2.45, 2.75) is 58.3 Å². The van der Waals surface area contributed by atoms with Gasteiger partial charge in [0, 0.05) is 23.0 Å². The number of hydrogen-bond donors (Lipinski definition) is 0. The largest absolute Gasteiger partial charge is 0.314 e. The molecule has 0 N–H and O–H groups in total. The van der Waals surface area contributed by atoms with Gasteiger partial charge in [0.05, 0.1) is 0 Å². The molecule has 0 aromatic heterocycles. The predicted octanol–water partition coefficient (Wildman–Crippen LogP) is 13.4. The van der Waals surface area contributed by atoms with Crippen LogP contribution in [0, 0.1) is 0 Å². The standard InChI is InChI=1S/C47H49N/c1-4-7-18-41(43-34-32-42(33-35-43)40-20-11-9-12-21-40)31-28-38(17-6-3)26-27-39-29-36-46(37-30-39)48(45-23-13-10-14-24-45)47-25-16-15-22-44(47)19-8-5-2/h5-6,8-15,17,19-24,26,28-37,41H,2,4,7,16,18,25,27H2,1,3H3/b17-6-,19-8-,31-28+,38-26+. The molecule has 0 aliphatic heterocycles. The van der Waals surface area contributed by atoms with Gasteiger partial charge in [0.25, 0.3) is 0 Å². The summed E-state index contributed by atoms with van der Waals surface area (Å²) in [6.07, 6.45) is 28.4. The number of hydrogen-bond acceptors (Lipinski definition) is 1. The van der Waals surface area contributed by atoms with Crippen LogP contribution < -0.4 is 4.90 Å². The van der Waals surface area contributed by atoms with Gasteiger partial charge in [-0.25, -0.2) is 0 Å². The predicted molar refractivity (Wildman–Crippen MR) is 210 cm³/mol. The Bertz CT molecular complexity index is 1760. The molecule has 1 atom stereocenters. The Morgan fingerprint density at radius 1 is 0.812 bits per heavy atom. The molecule has 242 valence electrons. The van der Waals surface area contributed by atoms with Crippen LogP contribution in [0.3, 0.4) is 0 Å². The smallest absolute Gasteiger partial charge is 0.0458 e. The van der Waals surface area contributed by atoms with Crippen molar-refractivity contribution in [3.63, 3.8) is 0 Å². The lowest BCUT2D eigenvalue weighted by Gasteiger charge is -2.30. The summed E-state index contributed by atoms with van der Waals surface area (Å²) in [6.45, 7) is 8.25. The fraction of sp³-hybridized carbons (Fsp3) is 0.191. The zero-order valence-electron chi connectivity index (χ0n) is 28.6. The Hall–Kier alpha value is -5.14. The van der Waals surface area contributed by atoms with E-state index in [9.17, 15) is 0 Å². The summed E-state index contributed by atoms with van der Waals surface area (Å²) in [5.74, 6) is 0.391. The van der Waals surface area contributed by atoms with Crippen LogP contribution in [-0.4, -0.2) is 0 Å². The van der Waals surface area contributed by atoms with E-state index >= 15 is 0 Å². The first-order valence-corrected chi connectivity index (χ1v) is 17.5. The van der Waals surface area contributed by atoms with Crippen LogP contribution in [0.15, 0.2) is 193 Å². The van der Waals surface area contributed by atoms with Crippen LogP contribution in [0.25, 0.3) is 11.1 Å².